The Morgan fingerprint density at radius 1 is 1.25 bits per heavy atom. The molecule has 4 heteroatoms. The molecule has 0 saturated carbocycles. The van der Waals surface area contributed by atoms with Crippen molar-refractivity contribution in [2.24, 2.45) is 0 Å². The van der Waals surface area contributed by atoms with Crippen molar-refractivity contribution in [2.75, 3.05) is 0 Å². The Kier molecular flexibility index (Phi) is 22.4. The van der Waals surface area contributed by atoms with Crippen LogP contribution in [0.5, 0.6) is 0 Å². The summed E-state index contributed by atoms with van der Waals surface area (Å²) < 4.78 is 16.8. The van der Waals surface area contributed by atoms with Gasteiger partial charge in [-0.2, -0.15) is 0 Å². The van der Waals surface area contributed by atoms with Gasteiger partial charge in [0.1, 0.15) is 0 Å². The van der Waals surface area contributed by atoms with Gasteiger partial charge in [-0.3, -0.25) is 8.92 Å². The molecule has 0 N–H and O–H groups in total. The second-order valence-electron chi connectivity index (χ2n) is 0.0833. The van der Waals surface area contributed by atoms with E-state index < -0.39 is 9.29 Å². The van der Waals surface area contributed by atoms with Crippen LogP contribution in [0, 0.1) is 0 Å². The maximum absolute atomic E-state index is 8.40. The van der Waals surface area contributed by atoms with E-state index in [9.17, 15) is 0 Å². The second kappa shape index (κ2) is 10.2. The van der Waals surface area contributed by atoms with Gasteiger partial charge in [-0.05, 0) is 0 Å². The van der Waals surface area contributed by atoms with E-state index in [4.69, 9.17) is 8.92 Å². The molecule has 2 nitrogen and oxygen atoms in total. The number of hydrogen-bond acceptors (Lipinski definition) is 2. The van der Waals surface area contributed by atoms with E-state index in [1.807, 2.05) is 0 Å². The molecule has 3 radical (unpaired) electrons. The summed E-state index contributed by atoms with van der Waals surface area (Å²) in [6, 6.07) is 0. The maximum atomic E-state index is 8.40. The van der Waals surface area contributed by atoms with Crippen molar-refractivity contribution < 1.29 is 8.92 Å². The molecule has 0 fully saturated rings. The highest BCUT2D eigenvalue weighted by molar-refractivity contribution is 5.94. The van der Waals surface area contributed by atoms with E-state index in [0.717, 1.165) is 0 Å². The van der Waals surface area contributed by atoms with E-state index >= 15 is 0 Å². The van der Waals surface area contributed by atoms with Crippen molar-refractivity contribution in [3.05, 3.63) is 0 Å². The molecule has 0 aliphatic carbocycles. The quantitative estimate of drug-likeness (QED) is 0.355. The molecule has 4 heavy (non-hydrogen) atoms. The predicted molar refractivity (Wildman–Crippen MR) is 12.9 cm³/mol. The summed E-state index contributed by atoms with van der Waals surface area (Å²) in [6.07, 6.45) is 0. The fourth-order valence-electron chi connectivity index (χ4n) is 0. The average Bonchev–Trinajstić information content (AvgIpc) is 0.918. The minimum Gasteiger partial charge on any atom is -0.274 e. The van der Waals surface area contributed by atoms with E-state index in [0.29, 0.717) is 0 Å². The van der Waals surface area contributed by atoms with Gasteiger partial charge < -0.3 is 0 Å². The summed E-state index contributed by atoms with van der Waals surface area (Å²) in [7, 11) is -1.42. The summed E-state index contributed by atoms with van der Waals surface area (Å²) in [4.78, 5) is 0. The van der Waals surface area contributed by atoms with Gasteiger partial charge in [-0.25, -0.2) is 0 Å². The van der Waals surface area contributed by atoms with Gasteiger partial charge in [-0.15, -0.1) is 0 Å². The standard InChI is InChI=1S/Al.O2Si/c;1-3-2. The molecule has 0 aromatic carbocycles. The van der Waals surface area contributed by atoms with Crippen LogP contribution in [0.25, 0.3) is 0 Å². The average molecular weight is 87.1 g/mol. The Labute approximate surface area is 36.3 Å². The smallest absolute Gasteiger partial charge is 0.274 e. The van der Waals surface area contributed by atoms with Crippen molar-refractivity contribution in [2.45, 2.75) is 0 Å². The molecule has 19 valence electrons. The van der Waals surface area contributed by atoms with Gasteiger partial charge in [0, 0.05) is 17.4 Å². The van der Waals surface area contributed by atoms with Crippen LogP contribution in [0.3, 0.4) is 0 Å². The Hall–Kier alpha value is 0.349. The third-order valence-corrected chi connectivity index (χ3v) is 0. The predicted octanol–water partition coefficient (Wildman–Crippen LogP) is -0.999. The van der Waals surface area contributed by atoms with Crippen LogP contribution in [0.15, 0.2) is 0 Å². The first-order valence-electron chi connectivity index (χ1n) is 0.408. The highest BCUT2D eigenvalue weighted by Crippen LogP contribution is 0.759. The summed E-state index contributed by atoms with van der Waals surface area (Å²) in [5.74, 6) is 0. The van der Waals surface area contributed by atoms with Crippen molar-refractivity contribution in [3.8, 4) is 0 Å². The van der Waals surface area contributed by atoms with Crippen molar-refractivity contribution in [3.63, 3.8) is 0 Å². The Bertz CT molecular complexity index is 27.0. The van der Waals surface area contributed by atoms with Crippen molar-refractivity contribution in [1.82, 2.24) is 0 Å². The van der Waals surface area contributed by atoms with Crippen LogP contribution in [0.2, 0.25) is 0 Å². The molecule has 0 aliphatic rings. The van der Waals surface area contributed by atoms with Gasteiger partial charge in [-0.1, -0.05) is 0 Å². The van der Waals surface area contributed by atoms with E-state index in [1.165, 1.54) is 0 Å². The molecule has 0 spiro atoms. The largest absolute Gasteiger partial charge is 0.549 e. The molecule has 0 rings (SSSR count). The molecular formula is AlO2Si. The Balaban J connectivity index is 0. The second-order valence-corrected chi connectivity index (χ2v) is 0.250. The van der Waals surface area contributed by atoms with Crippen LogP contribution in [-0.2, 0) is 8.92 Å². The summed E-state index contributed by atoms with van der Waals surface area (Å²) in [5, 5.41) is 0. The number of hydrogen-bond donors (Lipinski definition) is 0. The first-order valence-corrected chi connectivity index (χ1v) is 1.22. The fourth-order valence-corrected chi connectivity index (χ4v) is 0. The lowest BCUT2D eigenvalue weighted by molar-refractivity contribution is 0.497. The first kappa shape index (κ1) is 8.84. The molecule has 0 bridgehead atoms. The Morgan fingerprint density at radius 2 is 1.25 bits per heavy atom. The lowest BCUT2D eigenvalue weighted by Crippen LogP contribution is -1.26. The molecule has 0 aliphatic heterocycles. The monoisotopic (exact) mass is 86.9 g/mol. The molecular weight excluding hydrogens is 87.1 g/mol. The van der Waals surface area contributed by atoms with Gasteiger partial charge in [0.25, 0.3) is 0 Å². The molecule has 0 amide bonds. The molecule has 0 saturated heterocycles. The zero-order valence-electron chi connectivity index (χ0n) is 1.89. The normalized spacial score (nSPS) is 2.00. The van der Waals surface area contributed by atoms with Crippen LogP contribution in [0.4, 0.5) is 0 Å². The minimum atomic E-state index is -1.42. The van der Waals surface area contributed by atoms with Gasteiger partial charge >= 0.3 is 9.29 Å². The Morgan fingerprint density at radius 3 is 1.25 bits per heavy atom. The fraction of sp³-hybridized carbons (Fsp3) is 0. The van der Waals surface area contributed by atoms with E-state index in [1.54, 1.807) is 0 Å². The van der Waals surface area contributed by atoms with Crippen molar-refractivity contribution in [1.29, 1.82) is 0 Å². The zero-order chi connectivity index (χ0) is 2.71. The van der Waals surface area contributed by atoms with Gasteiger partial charge in [0.15, 0.2) is 0 Å². The topological polar surface area (TPSA) is 34.1 Å². The van der Waals surface area contributed by atoms with Gasteiger partial charge in [0.05, 0.1) is 0 Å². The summed E-state index contributed by atoms with van der Waals surface area (Å²) >= 11 is 0. The van der Waals surface area contributed by atoms with Crippen LogP contribution in [0.1, 0.15) is 0 Å². The molecule has 0 unspecified atom stereocenters. The molecule has 0 aromatic rings. The van der Waals surface area contributed by atoms with Crippen LogP contribution >= 0.6 is 0 Å². The highest BCUT2D eigenvalue weighted by Gasteiger charge is 1.22. The molecule has 0 heterocycles. The highest BCUT2D eigenvalue weighted by atomic mass is 28.2. The summed E-state index contributed by atoms with van der Waals surface area (Å²) in [5.41, 5.74) is 0. The summed E-state index contributed by atoms with van der Waals surface area (Å²) in [6.45, 7) is 0. The van der Waals surface area contributed by atoms with Crippen LogP contribution in [-0.4, -0.2) is 26.7 Å². The zero-order valence-corrected chi connectivity index (χ0v) is 4.05. The van der Waals surface area contributed by atoms with Gasteiger partial charge in [0.2, 0.25) is 0 Å². The van der Waals surface area contributed by atoms with Crippen LogP contribution < -0.4 is 0 Å². The lowest BCUT2D eigenvalue weighted by atomic mass is 15.9. The van der Waals surface area contributed by atoms with E-state index in [2.05, 4.69) is 0 Å². The number of rotatable bonds is 0. The first-order chi connectivity index (χ1) is 1.41. The minimum absolute atomic E-state index is 0. The third-order valence-electron chi connectivity index (χ3n) is 0. The lowest BCUT2D eigenvalue weighted by Gasteiger charge is -0.944. The molecule has 0 aromatic heterocycles. The SMILES string of the molecule is O=[Si]=O.[Al]. The van der Waals surface area contributed by atoms with Crippen molar-refractivity contribution >= 4 is 26.7 Å². The third kappa shape index (κ3) is 35.0. The molecule has 0 atom stereocenters. The van der Waals surface area contributed by atoms with E-state index in [-0.39, 0.29) is 17.4 Å². The maximum Gasteiger partial charge on any atom is 0.549 e.